The van der Waals surface area contributed by atoms with Gasteiger partial charge in [-0.3, -0.25) is 4.79 Å². The molecule has 25 heavy (non-hydrogen) atoms. The van der Waals surface area contributed by atoms with Gasteiger partial charge in [0.25, 0.3) is 5.91 Å². The summed E-state index contributed by atoms with van der Waals surface area (Å²) >= 11 is 1.38. The summed E-state index contributed by atoms with van der Waals surface area (Å²) in [6.07, 6.45) is 3.25. The van der Waals surface area contributed by atoms with Crippen LogP contribution in [0.15, 0.2) is 23.2 Å². The van der Waals surface area contributed by atoms with Gasteiger partial charge in [0.1, 0.15) is 11.8 Å². The Morgan fingerprint density at radius 2 is 2.12 bits per heavy atom. The molecule has 136 valence electrons. The number of thiazole rings is 1. The van der Waals surface area contributed by atoms with Crippen molar-refractivity contribution < 1.29 is 17.9 Å². The minimum atomic E-state index is -3.42. The highest BCUT2D eigenvalue weighted by Crippen LogP contribution is 2.23. The van der Waals surface area contributed by atoms with E-state index in [1.54, 1.807) is 7.11 Å². The van der Waals surface area contributed by atoms with Crippen molar-refractivity contribution in [2.45, 2.75) is 25.3 Å². The Bertz CT molecular complexity index is 975. The van der Waals surface area contributed by atoms with E-state index in [0.29, 0.717) is 17.8 Å². The molecule has 1 fully saturated rings. The van der Waals surface area contributed by atoms with E-state index in [0.717, 1.165) is 35.1 Å². The van der Waals surface area contributed by atoms with Gasteiger partial charge in [0.15, 0.2) is 4.80 Å². The molecule has 1 atom stereocenters. The van der Waals surface area contributed by atoms with Crippen molar-refractivity contribution in [2.24, 2.45) is 12.0 Å². The number of carbonyl (C=O) groups is 1. The van der Waals surface area contributed by atoms with Gasteiger partial charge in [-0.1, -0.05) is 17.8 Å². The number of carbonyl (C=O) groups excluding carboxylic acids is 1. The lowest BCUT2D eigenvalue weighted by molar-refractivity contribution is -0.122. The van der Waals surface area contributed by atoms with Crippen molar-refractivity contribution in [3.05, 3.63) is 23.0 Å². The summed E-state index contributed by atoms with van der Waals surface area (Å²) in [6.45, 7) is 0.375. The maximum absolute atomic E-state index is 12.7. The molecule has 0 aliphatic carbocycles. The van der Waals surface area contributed by atoms with Crippen LogP contribution in [-0.4, -0.2) is 49.1 Å². The van der Waals surface area contributed by atoms with Gasteiger partial charge in [-0.25, -0.2) is 8.42 Å². The number of ether oxygens (including phenoxy) is 1. The molecule has 9 heteroatoms. The van der Waals surface area contributed by atoms with E-state index in [1.807, 2.05) is 29.8 Å². The van der Waals surface area contributed by atoms with E-state index < -0.39 is 22.0 Å². The molecule has 1 aliphatic rings. The van der Waals surface area contributed by atoms with Crippen LogP contribution in [0.4, 0.5) is 0 Å². The van der Waals surface area contributed by atoms with E-state index in [4.69, 9.17) is 4.74 Å². The first-order valence-corrected chi connectivity index (χ1v) is 10.7. The van der Waals surface area contributed by atoms with Gasteiger partial charge in [0, 0.05) is 13.6 Å². The van der Waals surface area contributed by atoms with Crippen molar-refractivity contribution in [3.8, 4) is 5.75 Å². The lowest BCUT2D eigenvalue weighted by Gasteiger charge is -2.31. The van der Waals surface area contributed by atoms with E-state index >= 15 is 0 Å². The van der Waals surface area contributed by atoms with E-state index in [9.17, 15) is 13.2 Å². The van der Waals surface area contributed by atoms with Gasteiger partial charge in [-0.2, -0.15) is 9.30 Å². The summed E-state index contributed by atoms with van der Waals surface area (Å²) < 4.78 is 33.2. The molecule has 0 N–H and O–H groups in total. The average molecular weight is 383 g/mol. The van der Waals surface area contributed by atoms with Crippen LogP contribution in [0.3, 0.4) is 0 Å². The second kappa shape index (κ2) is 6.89. The predicted octanol–water partition coefficient (Wildman–Crippen LogP) is 1.49. The monoisotopic (exact) mass is 383 g/mol. The van der Waals surface area contributed by atoms with Crippen LogP contribution in [-0.2, 0) is 21.9 Å². The molecule has 1 amide bonds. The van der Waals surface area contributed by atoms with E-state index in [2.05, 4.69) is 4.99 Å². The summed E-state index contributed by atoms with van der Waals surface area (Å²) in [7, 11) is 0.0200. The molecule has 1 aliphatic heterocycles. The molecule has 7 nitrogen and oxygen atoms in total. The number of hydrogen-bond donors (Lipinski definition) is 0. The quantitative estimate of drug-likeness (QED) is 0.804. The highest BCUT2D eigenvalue weighted by Gasteiger charge is 2.34. The summed E-state index contributed by atoms with van der Waals surface area (Å²) in [6, 6.07) is 4.96. The molecule has 2 aromatic rings. The van der Waals surface area contributed by atoms with Gasteiger partial charge < -0.3 is 9.30 Å². The molecule has 1 unspecified atom stereocenters. The topological polar surface area (TPSA) is 81.0 Å². The smallest absolute Gasteiger partial charge is 0.266 e. The number of methoxy groups -OCH3 is 1. The van der Waals surface area contributed by atoms with Crippen molar-refractivity contribution in [3.63, 3.8) is 0 Å². The van der Waals surface area contributed by atoms with Crippen molar-refractivity contribution in [1.82, 2.24) is 8.87 Å². The summed E-state index contributed by atoms with van der Waals surface area (Å²) in [5.74, 6) is 0.335. The molecule has 0 saturated carbocycles. The number of benzene rings is 1. The number of nitrogens with zero attached hydrogens (tertiary/aromatic N) is 3. The number of hydrogen-bond acceptors (Lipinski definition) is 5. The van der Waals surface area contributed by atoms with E-state index in [1.165, 1.54) is 15.6 Å². The van der Waals surface area contributed by atoms with Crippen molar-refractivity contribution >= 4 is 37.5 Å². The number of sulfonamides is 1. The lowest BCUT2D eigenvalue weighted by Crippen LogP contribution is -2.47. The normalized spacial score (nSPS) is 20.1. The fourth-order valence-electron chi connectivity index (χ4n) is 3.07. The summed E-state index contributed by atoms with van der Waals surface area (Å²) in [4.78, 5) is 17.5. The Balaban J connectivity index is 2.00. The molecular weight excluding hydrogens is 362 g/mol. The van der Waals surface area contributed by atoms with Crippen LogP contribution in [0.2, 0.25) is 0 Å². The Morgan fingerprint density at radius 3 is 2.80 bits per heavy atom. The second-order valence-electron chi connectivity index (χ2n) is 6.11. The van der Waals surface area contributed by atoms with E-state index in [-0.39, 0.29) is 0 Å². The highest BCUT2D eigenvalue weighted by molar-refractivity contribution is 7.88. The van der Waals surface area contributed by atoms with Crippen LogP contribution >= 0.6 is 11.3 Å². The molecule has 0 bridgehead atoms. The predicted molar refractivity (Wildman–Crippen MR) is 97.1 cm³/mol. The summed E-state index contributed by atoms with van der Waals surface area (Å²) in [5.41, 5.74) is 0.945. The third kappa shape index (κ3) is 3.63. The molecule has 0 spiro atoms. The first-order valence-electron chi connectivity index (χ1n) is 8.00. The van der Waals surface area contributed by atoms with Gasteiger partial charge in [-0.05, 0) is 31.0 Å². The van der Waals surface area contributed by atoms with Crippen molar-refractivity contribution in [1.29, 1.82) is 0 Å². The Morgan fingerprint density at radius 1 is 1.36 bits per heavy atom. The number of aryl methyl sites for hydroxylation is 1. The minimum absolute atomic E-state index is 0.375. The maximum atomic E-state index is 12.7. The van der Waals surface area contributed by atoms with Gasteiger partial charge >= 0.3 is 0 Å². The number of aromatic nitrogens is 1. The number of rotatable bonds is 3. The molecule has 3 rings (SSSR count). The van der Waals surface area contributed by atoms with Gasteiger partial charge in [-0.15, -0.1) is 0 Å². The van der Waals surface area contributed by atoms with Crippen LogP contribution in [0, 0.1) is 0 Å². The lowest BCUT2D eigenvalue weighted by atomic mass is 10.0. The third-order valence-electron chi connectivity index (χ3n) is 4.39. The Hall–Kier alpha value is -1.71. The highest BCUT2D eigenvalue weighted by atomic mass is 32.2. The zero-order valence-corrected chi connectivity index (χ0v) is 16.1. The molecular formula is C16H21N3O4S2. The molecule has 2 heterocycles. The summed E-state index contributed by atoms with van der Waals surface area (Å²) in [5, 5.41) is 0. The van der Waals surface area contributed by atoms with Crippen LogP contribution in [0.1, 0.15) is 19.3 Å². The van der Waals surface area contributed by atoms with Crippen LogP contribution in [0.5, 0.6) is 5.75 Å². The maximum Gasteiger partial charge on any atom is 0.266 e. The first kappa shape index (κ1) is 18.1. The molecule has 1 aromatic heterocycles. The Labute approximate surface area is 150 Å². The standard InChI is InChI=1S/C16H21N3O4S2/c1-18-12-8-7-11(23-2)10-14(12)24-16(18)17-15(20)13-6-4-5-9-19(13)25(3,21)22/h7-8,10,13H,4-6,9H2,1-3H3. The zero-order chi connectivity index (χ0) is 18.2. The Kier molecular flexibility index (Phi) is 4.99. The van der Waals surface area contributed by atoms with Crippen molar-refractivity contribution in [2.75, 3.05) is 19.9 Å². The number of fused-ring (bicyclic) bond motifs is 1. The second-order valence-corrected chi connectivity index (χ2v) is 9.06. The SMILES string of the molecule is COc1ccc2c(c1)sc(=NC(=O)C1CCCCN1S(C)(=O)=O)n2C. The minimum Gasteiger partial charge on any atom is -0.497 e. The molecule has 1 saturated heterocycles. The molecule has 0 radical (unpaired) electrons. The van der Waals surface area contributed by atoms with Gasteiger partial charge in [0.2, 0.25) is 10.0 Å². The van der Waals surface area contributed by atoms with Crippen LogP contribution in [0.25, 0.3) is 10.2 Å². The number of amides is 1. The third-order valence-corrected chi connectivity index (χ3v) is 6.77. The fourth-order valence-corrected chi connectivity index (χ4v) is 5.24. The largest absolute Gasteiger partial charge is 0.497 e. The average Bonchev–Trinajstić information content (AvgIpc) is 2.89. The fraction of sp³-hybridized carbons (Fsp3) is 0.500. The van der Waals surface area contributed by atoms with Gasteiger partial charge in [0.05, 0.1) is 23.6 Å². The van der Waals surface area contributed by atoms with Crippen LogP contribution < -0.4 is 9.54 Å². The zero-order valence-electron chi connectivity index (χ0n) is 14.4. The number of piperidine rings is 1. The first-order chi connectivity index (χ1) is 11.8. The molecule has 1 aromatic carbocycles.